The average Bonchev–Trinajstić information content (AvgIpc) is 2.53. The number of aryl methyl sites for hydroxylation is 1. The lowest BCUT2D eigenvalue weighted by atomic mass is 10.0. The Balaban J connectivity index is 1.79. The van der Waals surface area contributed by atoms with E-state index >= 15 is 0 Å². The molecule has 0 aliphatic carbocycles. The van der Waals surface area contributed by atoms with Gasteiger partial charge in [-0.05, 0) is 37.1 Å². The number of hydrogen-bond donors (Lipinski definition) is 1. The molecule has 104 valence electrons. The van der Waals surface area contributed by atoms with Crippen LogP contribution >= 0.6 is 11.8 Å². The number of rotatable bonds is 4. The van der Waals surface area contributed by atoms with Gasteiger partial charge in [0.25, 0.3) is 0 Å². The molecule has 0 saturated heterocycles. The zero-order chi connectivity index (χ0) is 13.8. The molecule has 2 aromatic rings. The standard InChI is InChI=1S/C16H19N3S/c1-2-14-13-8-9-17-10-15(13)19-16(18-14)11-20-12-6-4-3-5-7-12/h3-7,17H,2,8-11H2,1H3. The molecule has 1 aromatic carbocycles. The van der Waals surface area contributed by atoms with Crippen LogP contribution in [0.2, 0.25) is 0 Å². The number of benzene rings is 1. The summed E-state index contributed by atoms with van der Waals surface area (Å²) in [5.74, 6) is 1.79. The smallest absolute Gasteiger partial charge is 0.139 e. The van der Waals surface area contributed by atoms with E-state index < -0.39 is 0 Å². The first-order valence-electron chi connectivity index (χ1n) is 7.13. The highest BCUT2D eigenvalue weighted by molar-refractivity contribution is 7.98. The first kappa shape index (κ1) is 13.6. The van der Waals surface area contributed by atoms with E-state index in [-0.39, 0.29) is 0 Å². The van der Waals surface area contributed by atoms with E-state index in [1.54, 1.807) is 11.8 Å². The van der Waals surface area contributed by atoms with Crippen molar-refractivity contribution in [2.24, 2.45) is 0 Å². The van der Waals surface area contributed by atoms with Crippen LogP contribution in [0.4, 0.5) is 0 Å². The largest absolute Gasteiger partial charge is 0.311 e. The van der Waals surface area contributed by atoms with Crippen molar-refractivity contribution >= 4 is 11.8 Å². The molecular weight excluding hydrogens is 266 g/mol. The average molecular weight is 285 g/mol. The monoisotopic (exact) mass is 285 g/mol. The summed E-state index contributed by atoms with van der Waals surface area (Å²) in [6.07, 6.45) is 2.05. The maximum absolute atomic E-state index is 4.76. The van der Waals surface area contributed by atoms with Crippen LogP contribution in [0.1, 0.15) is 29.7 Å². The second kappa shape index (κ2) is 6.37. The minimum Gasteiger partial charge on any atom is -0.311 e. The van der Waals surface area contributed by atoms with E-state index in [1.807, 2.05) is 6.07 Å². The van der Waals surface area contributed by atoms with Gasteiger partial charge in [0.1, 0.15) is 5.82 Å². The van der Waals surface area contributed by atoms with Crippen LogP contribution in [0.5, 0.6) is 0 Å². The molecule has 0 saturated carbocycles. The lowest BCUT2D eigenvalue weighted by molar-refractivity contribution is 0.611. The van der Waals surface area contributed by atoms with Gasteiger partial charge >= 0.3 is 0 Å². The van der Waals surface area contributed by atoms with E-state index in [2.05, 4.69) is 36.5 Å². The fourth-order valence-electron chi connectivity index (χ4n) is 2.51. The Labute approximate surface area is 124 Å². The molecule has 0 spiro atoms. The van der Waals surface area contributed by atoms with Gasteiger partial charge in [-0.1, -0.05) is 25.1 Å². The molecule has 1 aliphatic rings. The predicted octanol–water partition coefficient (Wildman–Crippen LogP) is 2.98. The van der Waals surface area contributed by atoms with E-state index in [4.69, 9.17) is 9.97 Å². The van der Waals surface area contributed by atoms with Crippen molar-refractivity contribution in [1.29, 1.82) is 0 Å². The van der Waals surface area contributed by atoms with Gasteiger partial charge in [-0.15, -0.1) is 11.8 Å². The van der Waals surface area contributed by atoms with Gasteiger partial charge in [0.15, 0.2) is 0 Å². The van der Waals surface area contributed by atoms with E-state index in [0.717, 1.165) is 37.5 Å². The Kier molecular flexibility index (Phi) is 4.33. The van der Waals surface area contributed by atoms with Crippen LogP contribution in [-0.2, 0) is 25.1 Å². The lowest BCUT2D eigenvalue weighted by Crippen LogP contribution is -2.27. The van der Waals surface area contributed by atoms with Crippen molar-refractivity contribution in [2.45, 2.75) is 37.0 Å². The molecule has 1 N–H and O–H groups in total. The highest BCUT2D eigenvalue weighted by atomic mass is 32.2. The number of aromatic nitrogens is 2. The second-order valence-corrected chi connectivity index (χ2v) is 5.94. The van der Waals surface area contributed by atoms with Gasteiger partial charge in [-0.2, -0.15) is 0 Å². The highest BCUT2D eigenvalue weighted by Crippen LogP contribution is 2.23. The Hall–Kier alpha value is -1.39. The zero-order valence-corrected chi connectivity index (χ0v) is 12.5. The van der Waals surface area contributed by atoms with Gasteiger partial charge in [-0.25, -0.2) is 9.97 Å². The third-order valence-corrected chi connectivity index (χ3v) is 4.52. The Morgan fingerprint density at radius 2 is 2.05 bits per heavy atom. The minimum atomic E-state index is 0.838. The molecule has 0 atom stereocenters. The van der Waals surface area contributed by atoms with Gasteiger partial charge in [0.05, 0.1) is 11.4 Å². The summed E-state index contributed by atoms with van der Waals surface area (Å²) in [6, 6.07) is 10.4. The zero-order valence-electron chi connectivity index (χ0n) is 11.7. The third kappa shape index (κ3) is 3.02. The molecule has 1 aromatic heterocycles. The Morgan fingerprint density at radius 1 is 1.20 bits per heavy atom. The van der Waals surface area contributed by atoms with Gasteiger partial charge in [0, 0.05) is 17.1 Å². The summed E-state index contributed by atoms with van der Waals surface area (Å²) in [5, 5.41) is 3.40. The summed E-state index contributed by atoms with van der Waals surface area (Å²) in [6.45, 7) is 4.11. The summed E-state index contributed by atoms with van der Waals surface area (Å²) in [4.78, 5) is 10.8. The summed E-state index contributed by atoms with van der Waals surface area (Å²) >= 11 is 1.80. The maximum Gasteiger partial charge on any atom is 0.139 e. The van der Waals surface area contributed by atoms with Crippen LogP contribution < -0.4 is 5.32 Å². The molecule has 1 aliphatic heterocycles. The predicted molar refractivity (Wildman–Crippen MR) is 82.8 cm³/mol. The second-order valence-electron chi connectivity index (χ2n) is 4.89. The van der Waals surface area contributed by atoms with Crippen molar-refractivity contribution in [1.82, 2.24) is 15.3 Å². The molecule has 2 heterocycles. The molecule has 0 radical (unpaired) electrons. The molecular formula is C16H19N3S. The van der Waals surface area contributed by atoms with Crippen molar-refractivity contribution in [2.75, 3.05) is 6.54 Å². The lowest BCUT2D eigenvalue weighted by Gasteiger charge is -2.19. The van der Waals surface area contributed by atoms with Crippen LogP contribution in [0.3, 0.4) is 0 Å². The van der Waals surface area contributed by atoms with E-state index in [9.17, 15) is 0 Å². The molecule has 3 nitrogen and oxygen atoms in total. The number of hydrogen-bond acceptors (Lipinski definition) is 4. The molecule has 0 amide bonds. The summed E-state index contributed by atoms with van der Waals surface area (Å²) in [5.41, 5.74) is 3.81. The molecule has 0 bridgehead atoms. The quantitative estimate of drug-likeness (QED) is 0.876. The van der Waals surface area contributed by atoms with Gasteiger partial charge < -0.3 is 5.32 Å². The first-order valence-corrected chi connectivity index (χ1v) is 8.11. The third-order valence-electron chi connectivity index (χ3n) is 3.51. The van der Waals surface area contributed by atoms with Crippen LogP contribution in [0, 0.1) is 0 Å². The van der Waals surface area contributed by atoms with E-state index in [0.29, 0.717) is 0 Å². The molecule has 20 heavy (non-hydrogen) atoms. The van der Waals surface area contributed by atoms with Crippen molar-refractivity contribution in [3.05, 3.63) is 53.1 Å². The van der Waals surface area contributed by atoms with E-state index in [1.165, 1.54) is 21.8 Å². The molecule has 3 rings (SSSR count). The number of thioether (sulfide) groups is 1. The summed E-state index contributed by atoms with van der Waals surface area (Å²) < 4.78 is 0. The topological polar surface area (TPSA) is 37.8 Å². The minimum absolute atomic E-state index is 0.838. The van der Waals surface area contributed by atoms with Crippen LogP contribution in [-0.4, -0.2) is 16.5 Å². The van der Waals surface area contributed by atoms with Crippen LogP contribution in [0.15, 0.2) is 35.2 Å². The van der Waals surface area contributed by atoms with Crippen LogP contribution in [0.25, 0.3) is 0 Å². The van der Waals surface area contributed by atoms with Crippen molar-refractivity contribution in [3.8, 4) is 0 Å². The van der Waals surface area contributed by atoms with Crippen molar-refractivity contribution in [3.63, 3.8) is 0 Å². The molecule has 0 unspecified atom stereocenters. The maximum atomic E-state index is 4.76. The van der Waals surface area contributed by atoms with Crippen molar-refractivity contribution < 1.29 is 0 Å². The Morgan fingerprint density at radius 3 is 2.85 bits per heavy atom. The normalized spacial score (nSPS) is 14.1. The fourth-order valence-corrected chi connectivity index (χ4v) is 3.29. The van der Waals surface area contributed by atoms with Gasteiger partial charge in [0.2, 0.25) is 0 Å². The number of fused-ring (bicyclic) bond motifs is 1. The molecule has 0 fully saturated rings. The first-order chi connectivity index (χ1) is 9.86. The Bertz CT molecular complexity index is 567. The summed E-state index contributed by atoms with van der Waals surface area (Å²) in [7, 11) is 0. The highest BCUT2D eigenvalue weighted by Gasteiger charge is 2.16. The number of nitrogens with one attached hydrogen (secondary N) is 1. The van der Waals surface area contributed by atoms with Gasteiger partial charge in [-0.3, -0.25) is 0 Å². The number of nitrogens with zero attached hydrogens (tertiary/aromatic N) is 2. The fraction of sp³-hybridized carbons (Fsp3) is 0.375. The molecule has 4 heteroatoms. The SMILES string of the molecule is CCc1nc(CSc2ccccc2)nc2c1CCNC2.